The highest BCUT2D eigenvalue weighted by atomic mass is 16.6. The van der Waals surface area contributed by atoms with Crippen molar-refractivity contribution in [3.8, 4) is 0 Å². The molecule has 0 amide bonds. The smallest absolute Gasteiger partial charge is 0.144 e. The minimum Gasteiger partial charge on any atom is -0.480 e. The molecule has 0 aromatic carbocycles. The molecule has 1 aromatic heterocycles. The zero-order valence-corrected chi connectivity index (χ0v) is 6.82. The fraction of sp³-hybridized carbons (Fsp3) is 0.143. The third-order valence-corrected chi connectivity index (χ3v) is 1.43. The summed E-state index contributed by atoms with van der Waals surface area (Å²) in [4.78, 5) is 8.35. The predicted molar refractivity (Wildman–Crippen MR) is 47.4 cm³/mol. The average Bonchev–Trinajstić information content (AvgIpc) is 2.15. The van der Waals surface area contributed by atoms with Gasteiger partial charge >= 0.3 is 0 Å². The van der Waals surface area contributed by atoms with Crippen LogP contribution in [0.15, 0.2) is 22.5 Å². The summed E-state index contributed by atoms with van der Waals surface area (Å²) in [6.45, 7) is 3.29. The molecule has 13 heavy (non-hydrogen) atoms. The summed E-state index contributed by atoms with van der Waals surface area (Å²) in [7, 11) is 0. The Morgan fingerprint density at radius 1 is 1.69 bits per heavy atom. The lowest BCUT2D eigenvalue weighted by atomic mass is 10.2. The van der Waals surface area contributed by atoms with Gasteiger partial charge in [-0.15, -0.1) is 5.16 Å². The Bertz CT molecular complexity index is 325. The van der Waals surface area contributed by atoms with Gasteiger partial charge in [-0.3, -0.25) is 0 Å². The van der Waals surface area contributed by atoms with E-state index in [4.69, 9.17) is 11.3 Å². The van der Waals surface area contributed by atoms with E-state index in [1.165, 1.54) is 6.20 Å². The second-order valence-corrected chi connectivity index (χ2v) is 2.18. The van der Waals surface area contributed by atoms with Gasteiger partial charge in [0.05, 0.1) is 5.69 Å². The van der Waals surface area contributed by atoms with Crippen LogP contribution in [0.5, 0.6) is 0 Å². The molecule has 0 spiro atoms. The minimum absolute atomic E-state index is 0.0415. The molecule has 1 rings (SSSR count). The molecule has 68 valence electrons. The Morgan fingerprint density at radius 2 is 2.46 bits per heavy atom. The lowest BCUT2D eigenvalue weighted by molar-refractivity contribution is 0.133. The van der Waals surface area contributed by atoms with Crippen LogP contribution in [-0.4, -0.2) is 11.7 Å². The van der Waals surface area contributed by atoms with Crippen LogP contribution in [0.1, 0.15) is 5.56 Å². The van der Waals surface area contributed by atoms with Gasteiger partial charge in [0, 0.05) is 12.3 Å². The van der Waals surface area contributed by atoms with Gasteiger partial charge in [0.15, 0.2) is 0 Å². The molecule has 0 aliphatic carbocycles. The van der Waals surface area contributed by atoms with Crippen LogP contribution >= 0.6 is 0 Å². The highest BCUT2D eigenvalue weighted by Crippen LogP contribution is 2.28. The van der Waals surface area contributed by atoms with Crippen LogP contribution in [0.2, 0.25) is 0 Å². The topological polar surface area (TPSA) is 94.5 Å². The second-order valence-electron chi connectivity index (χ2n) is 2.18. The summed E-state index contributed by atoms with van der Waals surface area (Å²) < 4.78 is 0. The van der Waals surface area contributed by atoms with Crippen molar-refractivity contribution in [2.75, 3.05) is 0 Å². The molecule has 6 heteroatoms. The number of nitrogens with one attached hydrogen (secondary N) is 2. The van der Waals surface area contributed by atoms with E-state index in [0.717, 1.165) is 0 Å². The molecule has 0 saturated heterocycles. The van der Waals surface area contributed by atoms with Crippen LogP contribution in [0, 0.1) is 5.53 Å². The summed E-state index contributed by atoms with van der Waals surface area (Å²) in [6, 6.07) is 1.62. The second kappa shape index (κ2) is 4.15. The summed E-state index contributed by atoms with van der Waals surface area (Å²) >= 11 is 0. The zero-order chi connectivity index (χ0) is 9.68. The molecule has 1 aromatic rings. The maximum absolute atomic E-state index is 7.32. The summed E-state index contributed by atoms with van der Waals surface area (Å²) in [6.07, 6.45) is 1.46. The SMILES string of the molecule is C=NOCc1ccnc([NH-])c1N=N. The first kappa shape index (κ1) is 9.11. The van der Waals surface area contributed by atoms with Gasteiger partial charge in [-0.25, -0.2) is 5.53 Å². The normalized spacial score (nSPS) is 9.23. The summed E-state index contributed by atoms with van der Waals surface area (Å²) in [5.74, 6) is -0.0415. The van der Waals surface area contributed by atoms with Gasteiger partial charge in [0.1, 0.15) is 6.61 Å². The Balaban J connectivity index is 2.97. The van der Waals surface area contributed by atoms with Crippen molar-refractivity contribution in [2.45, 2.75) is 6.61 Å². The van der Waals surface area contributed by atoms with E-state index in [1.54, 1.807) is 6.07 Å². The maximum Gasteiger partial charge on any atom is 0.144 e. The number of nitrogens with zero attached hydrogens (tertiary/aromatic N) is 3. The number of hydrogen-bond donors (Lipinski definition) is 1. The van der Waals surface area contributed by atoms with Crippen LogP contribution in [0.4, 0.5) is 11.5 Å². The maximum atomic E-state index is 7.32. The Hall–Kier alpha value is -1.98. The lowest BCUT2D eigenvalue weighted by Gasteiger charge is -2.10. The number of pyridine rings is 1. The van der Waals surface area contributed by atoms with Crippen molar-refractivity contribution < 1.29 is 4.84 Å². The molecular weight excluding hydrogens is 170 g/mol. The highest BCUT2D eigenvalue weighted by Gasteiger charge is 2.01. The van der Waals surface area contributed by atoms with E-state index in [-0.39, 0.29) is 18.1 Å². The van der Waals surface area contributed by atoms with E-state index >= 15 is 0 Å². The van der Waals surface area contributed by atoms with Crippen LogP contribution in [0.25, 0.3) is 5.73 Å². The number of aromatic nitrogens is 1. The molecule has 0 radical (unpaired) electrons. The Labute approximate surface area is 74.9 Å². The largest absolute Gasteiger partial charge is 0.480 e. The minimum atomic E-state index is -0.0415. The fourth-order valence-electron chi connectivity index (χ4n) is 0.850. The molecule has 1 heterocycles. The van der Waals surface area contributed by atoms with Gasteiger partial charge in [-0.05, 0) is 5.82 Å². The molecule has 0 atom stereocenters. The third kappa shape index (κ3) is 1.98. The number of rotatable bonds is 4. The van der Waals surface area contributed by atoms with Gasteiger partial charge in [0.2, 0.25) is 0 Å². The van der Waals surface area contributed by atoms with E-state index in [0.29, 0.717) is 5.56 Å². The Kier molecular flexibility index (Phi) is 2.91. The van der Waals surface area contributed by atoms with Crippen molar-refractivity contribution in [1.82, 2.24) is 4.98 Å². The van der Waals surface area contributed by atoms with E-state index in [9.17, 15) is 0 Å². The zero-order valence-electron chi connectivity index (χ0n) is 6.82. The average molecular weight is 178 g/mol. The molecule has 2 N–H and O–H groups in total. The van der Waals surface area contributed by atoms with Crippen LogP contribution < -0.4 is 0 Å². The number of oxime groups is 1. The predicted octanol–water partition coefficient (Wildman–Crippen LogP) is 2.56. The molecule has 0 aliphatic heterocycles. The third-order valence-electron chi connectivity index (χ3n) is 1.43. The van der Waals surface area contributed by atoms with Gasteiger partial charge in [-0.2, -0.15) is 5.11 Å². The molecule has 0 aliphatic rings. The summed E-state index contributed by atoms with van der Waals surface area (Å²) in [5.41, 5.74) is 14.9. The van der Waals surface area contributed by atoms with Crippen molar-refractivity contribution in [3.63, 3.8) is 0 Å². The van der Waals surface area contributed by atoms with Crippen LogP contribution in [-0.2, 0) is 11.4 Å². The van der Waals surface area contributed by atoms with Crippen molar-refractivity contribution in [2.24, 2.45) is 10.3 Å². The number of hydrogen-bond acceptors (Lipinski definition) is 5. The quantitative estimate of drug-likeness (QED) is 0.435. The van der Waals surface area contributed by atoms with Crippen LogP contribution in [0.3, 0.4) is 0 Å². The van der Waals surface area contributed by atoms with Gasteiger partial charge in [0.25, 0.3) is 0 Å². The molecular formula is C7H8N5O-. The first-order chi connectivity index (χ1) is 6.29. The standard InChI is InChI=1S/C7H8N5O/c1-10-13-4-5-2-3-11-7(8)6(5)12-9/h2-3,9H,1,4H2,(H-,8,11)/q-1. The molecule has 0 bridgehead atoms. The van der Waals surface area contributed by atoms with E-state index < -0.39 is 0 Å². The van der Waals surface area contributed by atoms with Gasteiger partial charge in [-0.1, -0.05) is 12.3 Å². The van der Waals surface area contributed by atoms with Gasteiger partial charge < -0.3 is 15.6 Å². The first-order valence-electron chi connectivity index (χ1n) is 3.44. The Morgan fingerprint density at radius 3 is 3.08 bits per heavy atom. The van der Waals surface area contributed by atoms with Crippen molar-refractivity contribution >= 4 is 18.2 Å². The fourth-order valence-corrected chi connectivity index (χ4v) is 0.850. The highest BCUT2D eigenvalue weighted by molar-refractivity contribution is 5.63. The molecule has 6 nitrogen and oxygen atoms in total. The molecule has 0 saturated carbocycles. The van der Waals surface area contributed by atoms with Crippen molar-refractivity contribution in [3.05, 3.63) is 23.6 Å². The molecule has 0 unspecified atom stereocenters. The summed E-state index contributed by atoms with van der Waals surface area (Å²) in [5, 5.41) is 6.38. The molecule has 0 fully saturated rings. The lowest BCUT2D eigenvalue weighted by Crippen LogP contribution is -1.88. The van der Waals surface area contributed by atoms with E-state index in [2.05, 4.69) is 26.8 Å². The van der Waals surface area contributed by atoms with E-state index in [1.807, 2.05) is 0 Å². The monoisotopic (exact) mass is 178 g/mol. The first-order valence-corrected chi connectivity index (χ1v) is 3.44. The van der Waals surface area contributed by atoms with Crippen molar-refractivity contribution in [1.29, 1.82) is 5.53 Å².